The molecule has 2 rings (SSSR count). The van der Waals surface area contributed by atoms with Gasteiger partial charge in [-0.2, -0.15) is 0 Å². The molecule has 0 spiro atoms. The number of methoxy groups -OCH3 is 1. The Morgan fingerprint density at radius 1 is 1.35 bits per heavy atom. The second-order valence-corrected chi connectivity index (χ2v) is 3.92. The molecule has 0 aliphatic carbocycles. The highest BCUT2D eigenvalue weighted by molar-refractivity contribution is 5.89. The van der Waals surface area contributed by atoms with Crippen LogP contribution in [0.5, 0.6) is 0 Å². The van der Waals surface area contributed by atoms with Crippen molar-refractivity contribution < 1.29 is 14.4 Å². The molecule has 17 heavy (non-hydrogen) atoms. The monoisotopic (exact) mass is 233 g/mol. The van der Waals surface area contributed by atoms with Crippen molar-refractivity contribution in [2.45, 2.75) is 6.92 Å². The minimum atomic E-state index is -0.327. The lowest BCUT2D eigenvalue weighted by atomic mass is 10.2. The van der Waals surface area contributed by atoms with Crippen LogP contribution in [-0.2, 0) is 9.57 Å². The van der Waals surface area contributed by atoms with Crippen LogP contribution in [0.1, 0.15) is 17.3 Å². The van der Waals surface area contributed by atoms with E-state index in [1.165, 1.54) is 12.7 Å². The van der Waals surface area contributed by atoms with E-state index in [2.05, 4.69) is 10.8 Å². The van der Waals surface area contributed by atoms with Crippen molar-refractivity contribution in [2.75, 3.05) is 25.3 Å². The Bertz CT molecular complexity index is 436. The van der Waals surface area contributed by atoms with Gasteiger partial charge in [-0.1, -0.05) is 6.08 Å². The van der Waals surface area contributed by atoms with Crippen molar-refractivity contribution in [3.8, 4) is 0 Å². The molecule has 0 saturated carbocycles. The van der Waals surface area contributed by atoms with Gasteiger partial charge in [0.1, 0.15) is 0 Å². The summed E-state index contributed by atoms with van der Waals surface area (Å²) in [6, 6.07) is 7.16. The lowest BCUT2D eigenvalue weighted by Crippen LogP contribution is -2.28. The molecule has 0 N–H and O–H groups in total. The van der Waals surface area contributed by atoms with Gasteiger partial charge in [0.15, 0.2) is 0 Å². The van der Waals surface area contributed by atoms with Crippen LogP contribution in [-0.4, -0.2) is 26.2 Å². The Labute approximate surface area is 100 Å². The molecule has 0 unspecified atom stereocenters. The molecule has 0 bridgehead atoms. The van der Waals surface area contributed by atoms with E-state index in [1.807, 2.05) is 19.1 Å². The SMILES string of the molecule is COC(=O)c1ccc(N2CC=C(C)CO2)cc1. The van der Waals surface area contributed by atoms with Crippen LogP contribution in [0.15, 0.2) is 35.9 Å². The van der Waals surface area contributed by atoms with Crippen molar-refractivity contribution in [3.05, 3.63) is 41.5 Å². The fraction of sp³-hybridized carbons (Fsp3) is 0.308. The van der Waals surface area contributed by atoms with Crippen molar-refractivity contribution >= 4 is 11.7 Å². The fourth-order valence-corrected chi connectivity index (χ4v) is 1.59. The number of nitrogens with zero attached hydrogens (tertiary/aromatic N) is 1. The van der Waals surface area contributed by atoms with Crippen molar-refractivity contribution in [2.24, 2.45) is 0 Å². The third-order valence-corrected chi connectivity index (χ3v) is 2.63. The number of carbonyl (C=O) groups excluding carboxylic acids is 1. The summed E-state index contributed by atoms with van der Waals surface area (Å²) in [5.74, 6) is -0.327. The molecule has 1 aromatic rings. The largest absolute Gasteiger partial charge is 0.465 e. The lowest BCUT2D eigenvalue weighted by Gasteiger charge is -2.26. The second-order valence-electron chi connectivity index (χ2n) is 3.92. The van der Waals surface area contributed by atoms with Crippen LogP contribution in [0.4, 0.5) is 5.69 Å². The number of carbonyl (C=O) groups is 1. The minimum Gasteiger partial charge on any atom is -0.465 e. The molecule has 1 heterocycles. The number of esters is 1. The number of rotatable bonds is 2. The van der Waals surface area contributed by atoms with Crippen LogP contribution in [0.3, 0.4) is 0 Å². The normalized spacial score (nSPS) is 15.4. The zero-order valence-corrected chi connectivity index (χ0v) is 9.97. The van der Waals surface area contributed by atoms with Crippen molar-refractivity contribution in [1.29, 1.82) is 0 Å². The summed E-state index contributed by atoms with van der Waals surface area (Å²) in [5.41, 5.74) is 2.70. The van der Waals surface area contributed by atoms with Gasteiger partial charge in [-0.3, -0.25) is 9.90 Å². The molecule has 4 nitrogen and oxygen atoms in total. The van der Waals surface area contributed by atoms with Crippen molar-refractivity contribution in [3.63, 3.8) is 0 Å². The van der Waals surface area contributed by atoms with E-state index in [0.29, 0.717) is 12.2 Å². The highest BCUT2D eigenvalue weighted by Crippen LogP contribution is 2.19. The Morgan fingerprint density at radius 2 is 2.06 bits per heavy atom. The molecule has 0 fully saturated rings. The highest BCUT2D eigenvalue weighted by Gasteiger charge is 2.12. The molecule has 0 aromatic heterocycles. The average Bonchev–Trinajstić information content (AvgIpc) is 2.39. The number of benzene rings is 1. The van der Waals surface area contributed by atoms with Gasteiger partial charge in [0, 0.05) is 0 Å². The number of hydroxylamine groups is 1. The van der Waals surface area contributed by atoms with E-state index >= 15 is 0 Å². The first-order valence-electron chi connectivity index (χ1n) is 5.45. The third kappa shape index (κ3) is 2.65. The quantitative estimate of drug-likeness (QED) is 0.579. The van der Waals surface area contributed by atoms with E-state index in [4.69, 9.17) is 4.84 Å². The maximum Gasteiger partial charge on any atom is 0.337 e. The van der Waals surface area contributed by atoms with Gasteiger partial charge in [-0.05, 0) is 36.8 Å². The van der Waals surface area contributed by atoms with Crippen LogP contribution >= 0.6 is 0 Å². The van der Waals surface area contributed by atoms with E-state index < -0.39 is 0 Å². The molecule has 1 aromatic carbocycles. The Kier molecular flexibility index (Phi) is 3.44. The zero-order chi connectivity index (χ0) is 12.3. The van der Waals surface area contributed by atoms with Gasteiger partial charge in [0.25, 0.3) is 0 Å². The van der Waals surface area contributed by atoms with Gasteiger partial charge in [0.2, 0.25) is 0 Å². The number of hydrogen-bond acceptors (Lipinski definition) is 4. The first kappa shape index (κ1) is 11.7. The first-order chi connectivity index (χ1) is 8.20. The predicted molar refractivity (Wildman–Crippen MR) is 64.8 cm³/mol. The standard InChI is InChI=1S/C13H15NO3/c1-10-7-8-14(17-9-10)12-5-3-11(4-6-12)13(15)16-2/h3-7H,8-9H2,1-2H3. The molecule has 0 atom stereocenters. The smallest absolute Gasteiger partial charge is 0.337 e. The molecular formula is C13H15NO3. The summed E-state index contributed by atoms with van der Waals surface area (Å²) in [6.45, 7) is 3.37. The number of hydrogen-bond donors (Lipinski definition) is 0. The Morgan fingerprint density at radius 3 is 2.59 bits per heavy atom. The predicted octanol–water partition coefficient (Wildman–Crippen LogP) is 2.17. The maximum atomic E-state index is 11.3. The van der Waals surface area contributed by atoms with Gasteiger partial charge >= 0.3 is 5.97 Å². The van der Waals surface area contributed by atoms with Gasteiger partial charge in [-0.15, -0.1) is 0 Å². The molecule has 0 radical (unpaired) electrons. The molecule has 1 aliphatic heterocycles. The van der Waals surface area contributed by atoms with E-state index in [9.17, 15) is 4.79 Å². The first-order valence-corrected chi connectivity index (χ1v) is 5.45. The summed E-state index contributed by atoms with van der Waals surface area (Å²) in [7, 11) is 1.37. The summed E-state index contributed by atoms with van der Waals surface area (Å²) in [4.78, 5) is 16.8. The van der Waals surface area contributed by atoms with Crippen LogP contribution in [0, 0.1) is 0 Å². The maximum absolute atomic E-state index is 11.3. The van der Waals surface area contributed by atoms with Crippen molar-refractivity contribution in [1.82, 2.24) is 0 Å². The second kappa shape index (κ2) is 5.01. The third-order valence-electron chi connectivity index (χ3n) is 2.63. The summed E-state index contributed by atoms with van der Waals surface area (Å²) >= 11 is 0. The van der Waals surface area contributed by atoms with E-state index in [0.717, 1.165) is 12.2 Å². The van der Waals surface area contributed by atoms with Gasteiger partial charge < -0.3 is 4.74 Å². The number of ether oxygens (including phenoxy) is 1. The van der Waals surface area contributed by atoms with E-state index in [-0.39, 0.29) is 5.97 Å². The number of anilines is 1. The van der Waals surface area contributed by atoms with Crippen LogP contribution < -0.4 is 5.06 Å². The Hall–Kier alpha value is -1.81. The lowest BCUT2D eigenvalue weighted by molar-refractivity contribution is 0.0600. The van der Waals surface area contributed by atoms with Crippen LogP contribution in [0.2, 0.25) is 0 Å². The fourth-order valence-electron chi connectivity index (χ4n) is 1.59. The molecule has 0 saturated heterocycles. The molecule has 4 heteroatoms. The Balaban J connectivity index is 2.11. The van der Waals surface area contributed by atoms with Gasteiger partial charge in [-0.25, -0.2) is 4.79 Å². The summed E-state index contributed by atoms with van der Waals surface area (Å²) in [5, 5.41) is 1.80. The van der Waals surface area contributed by atoms with Gasteiger partial charge in [0.05, 0.1) is 31.5 Å². The minimum absolute atomic E-state index is 0.327. The molecule has 0 amide bonds. The topological polar surface area (TPSA) is 38.8 Å². The zero-order valence-electron chi connectivity index (χ0n) is 9.97. The summed E-state index contributed by atoms with van der Waals surface area (Å²) in [6.07, 6.45) is 2.12. The molecular weight excluding hydrogens is 218 g/mol. The highest BCUT2D eigenvalue weighted by atomic mass is 16.7. The molecule has 1 aliphatic rings. The van der Waals surface area contributed by atoms with E-state index in [1.54, 1.807) is 17.2 Å². The molecule has 90 valence electrons. The average molecular weight is 233 g/mol. The summed E-state index contributed by atoms with van der Waals surface area (Å²) < 4.78 is 4.64. The van der Waals surface area contributed by atoms with Crippen LogP contribution in [0.25, 0.3) is 0 Å².